The summed E-state index contributed by atoms with van der Waals surface area (Å²) in [5, 5.41) is 11.7. The molecule has 0 unspecified atom stereocenters. The molecule has 0 saturated carbocycles. The van der Waals surface area contributed by atoms with E-state index in [4.69, 9.17) is 5.11 Å². The van der Waals surface area contributed by atoms with E-state index < -0.39 is 12.0 Å². The van der Waals surface area contributed by atoms with Crippen LogP contribution in [0, 0.1) is 5.92 Å². The number of H-pyrrole nitrogens is 1. The smallest absolute Gasteiger partial charge is 0.326 e. The van der Waals surface area contributed by atoms with Crippen molar-refractivity contribution in [3.63, 3.8) is 0 Å². The Kier molecular flexibility index (Phi) is 3.76. The van der Waals surface area contributed by atoms with Gasteiger partial charge in [0, 0.05) is 24.2 Å². The van der Waals surface area contributed by atoms with Gasteiger partial charge in [0.1, 0.15) is 6.04 Å². The summed E-state index contributed by atoms with van der Waals surface area (Å²) in [6.07, 6.45) is 8.49. The second kappa shape index (κ2) is 5.48. The number of hydrogen-bond donors (Lipinski definition) is 3. The predicted molar refractivity (Wildman–Crippen MR) is 63.7 cm³/mol. The van der Waals surface area contributed by atoms with E-state index in [2.05, 4.69) is 15.3 Å². The molecule has 0 aliphatic heterocycles. The number of amides is 1. The van der Waals surface area contributed by atoms with Gasteiger partial charge in [-0.15, -0.1) is 0 Å². The standard InChI is InChI=1S/C12H15N3O3/c16-11(8-3-1-2-4-8)15-10(12(17)18)5-9-6-13-7-14-9/h1-2,6-8,10H,3-5H2,(H,13,14)(H,15,16)(H,17,18)/t10-/m0/s1. The van der Waals surface area contributed by atoms with Crippen LogP contribution in [0.15, 0.2) is 24.7 Å². The zero-order chi connectivity index (χ0) is 13.0. The van der Waals surface area contributed by atoms with Crippen molar-refractivity contribution in [1.82, 2.24) is 15.3 Å². The van der Waals surface area contributed by atoms with Crippen LogP contribution in [0.2, 0.25) is 0 Å². The van der Waals surface area contributed by atoms with Gasteiger partial charge >= 0.3 is 5.97 Å². The summed E-state index contributed by atoms with van der Waals surface area (Å²) in [5.41, 5.74) is 0.687. The van der Waals surface area contributed by atoms with Gasteiger partial charge in [0.25, 0.3) is 0 Å². The molecular formula is C12H15N3O3. The van der Waals surface area contributed by atoms with Crippen molar-refractivity contribution in [2.24, 2.45) is 5.92 Å². The third-order valence-electron chi connectivity index (χ3n) is 2.97. The number of allylic oxidation sites excluding steroid dienone is 2. The van der Waals surface area contributed by atoms with Crippen molar-refractivity contribution in [3.05, 3.63) is 30.4 Å². The number of hydrogen-bond acceptors (Lipinski definition) is 3. The van der Waals surface area contributed by atoms with Gasteiger partial charge < -0.3 is 15.4 Å². The number of imidazole rings is 1. The minimum atomic E-state index is -1.04. The molecule has 1 atom stereocenters. The molecule has 0 aromatic carbocycles. The molecule has 96 valence electrons. The highest BCUT2D eigenvalue weighted by Gasteiger charge is 2.26. The number of rotatable bonds is 5. The summed E-state index contributed by atoms with van der Waals surface area (Å²) in [7, 11) is 0. The van der Waals surface area contributed by atoms with Gasteiger partial charge in [0.05, 0.1) is 6.33 Å². The van der Waals surface area contributed by atoms with Crippen molar-refractivity contribution >= 4 is 11.9 Å². The Morgan fingerprint density at radius 3 is 2.78 bits per heavy atom. The first-order valence-electron chi connectivity index (χ1n) is 5.82. The predicted octanol–water partition coefficient (Wildman–Crippen LogP) is 0.488. The van der Waals surface area contributed by atoms with E-state index >= 15 is 0 Å². The van der Waals surface area contributed by atoms with Crippen LogP contribution in [-0.2, 0) is 16.0 Å². The molecule has 3 N–H and O–H groups in total. The minimum absolute atomic E-state index is 0.131. The summed E-state index contributed by atoms with van der Waals surface area (Å²) in [6, 6.07) is -0.918. The third-order valence-corrected chi connectivity index (χ3v) is 2.97. The topological polar surface area (TPSA) is 95.1 Å². The van der Waals surface area contributed by atoms with E-state index in [9.17, 15) is 9.59 Å². The molecule has 0 fully saturated rings. The number of nitrogens with zero attached hydrogens (tertiary/aromatic N) is 1. The first-order valence-corrected chi connectivity index (χ1v) is 5.82. The molecule has 2 rings (SSSR count). The highest BCUT2D eigenvalue weighted by molar-refractivity contribution is 5.85. The Balaban J connectivity index is 1.93. The van der Waals surface area contributed by atoms with Crippen LogP contribution in [0.1, 0.15) is 18.5 Å². The number of aromatic amines is 1. The van der Waals surface area contributed by atoms with Gasteiger partial charge in [-0.3, -0.25) is 4.79 Å². The van der Waals surface area contributed by atoms with Crippen LogP contribution in [0.4, 0.5) is 0 Å². The van der Waals surface area contributed by atoms with Crippen molar-refractivity contribution in [1.29, 1.82) is 0 Å². The summed E-state index contributed by atoms with van der Waals surface area (Å²) in [5.74, 6) is -1.37. The molecule has 1 aliphatic rings. The third kappa shape index (κ3) is 2.97. The average molecular weight is 249 g/mol. The molecule has 0 spiro atoms. The number of aliphatic carboxylic acids is 1. The Hall–Kier alpha value is -2.11. The highest BCUT2D eigenvalue weighted by atomic mass is 16.4. The molecule has 18 heavy (non-hydrogen) atoms. The average Bonchev–Trinajstić information content (AvgIpc) is 3.00. The molecule has 6 nitrogen and oxygen atoms in total. The van der Waals surface area contributed by atoms with Crippen molar-refractivity contribution < 1.29 is 14.7 Å². The summed E-state index contributed by atoms with van der Waals surface area (Å²) < 4.78 is 0. The molecule has 0 bridgehead atoms. The molecule has 0 radical (unpaired) electrons. The monoisotopic (exact) mass is 249 g/mol. The molecule has 1 heterocycles. The molecule has 1 aromatic rings. The van der Waals surface area contributed by atoms with Crippen LogP contribution in [0.3, 0.4) is 0 Å². The van der Waals surface area contributed by atoms with E-state index in [1.54, 1.807) is 6.20 Å². The highest BCUT2D eigenvalue weighted by Crippen LogP contribution is 2.17. The maximum Gasteiger partial charge on any atom is 0.326 e. The Labute approximate surface area is 104 Å². The van der Waals surface area contributed by atoms with Gasteiger partial charge in [-0.25, -0.2) is 9.78 Å². The van der Waals surface area contributed by atoms with Crippen LogP contribution in [0.25, 0.3) is 0 Å². The van der Waals surface area contributed by atoms with E-state index in [0.29, 0.717) is 18.5 Å². The zero-order valence-corrected chi connectivity index (χ0v) is 9.80. The number of carbonyl (C=O) groups excluding carboxylic acids is 1. The molecule has 0 saturated heterocycles. The Bertz CT molecular complexity index is 445. The quantitative estimate of drug-likeness (QED) is 0.662. The van der Waals surface area contributed by atoms with Gasteiger partial charge in [0.2, 0.25) is 5.91 Å². The fraction of sp³-hybridized carbons (Fsp3) is 0.417. The molecule has 1 amide bonds. The van der Waals surface area contributed by atoms with Crippen LogP contribution < -0.4 is 5.32 Å². The largest absolute Gasteiger partial charge is 0.480 e. The molecule has 1 aromatic heterocycles. The number of nitrogens with one attached hydrogen (secondary N) is 2. The van der Waals surface area contributed by atoms with Gasteiger partial charge in [-0.2, -0.15) is 0 Å². The minimum Gasteiger partial charge on any atom is -0.480 e. The van der Waals surface area contributed by atoms with Gasteiger partial charge in [0.15, 0.2) is 0 Å². The maximum atomic E-state index is 11.8. The molecule has 1 aliphatic carbocycles. The SMILES string of the molecule is O=C(N[C@@H](Cc1cnc[nH]1)C(=O)O)C1CC=CC1. The van der Waals surface area contributed by atoms with E-state index in [-0.39, 0.29) is 18.2 Å². The Morgan fingerprint density at radius 2 is 2.22 bits per heavy atom. The summed E-state index contributed by atoms with van der Waals surface area (Å²) in [6.45, 7) is 0. The maximum absolute atomic E-state index is 11.8. The van der Waals surface area contributed by atoms with Crippen molar-refractivity contribution in [3.8, 4) is 0 Å². The number of carbonyl (C=O) groups is 2. The lowest BCUT2D eigenvalue weighted by atomic mass is 10.1. The second-order valence-electron chi connectivity index (χ2n) is 4.32. The lowest BCUT2D eigenvalue weighted by Crippen LogP contribution is -2.44. The van der Waals surface area contributed by atoms with Crippen molar-refractivity contribution in [2.75, 3.05) is 0 Å². The normalized spacial score (nSPS) is 16.7. The lowest BCUT2D eigenvalue weighted by Gasteiger charge is -2.16. The fourth-order valence-electron chi connectivity index (χ4n) is 1.94. The first kappa shape index (κ1) is 12.3. The van der Waals surface area contributed by atoms with Crippen LogP contribution >= 0.6 is 0 Å². The number of carboxylic acid groups (broad SMARTS) is 1. The van der Waals surface area contributed by atoms with E-state index in [1.165, 1.54) is 6.33 Å². The molecule has 6 heteroatoms. The van der Waals surface area contributed by atoms with Gasteiger partial charge in [-0.1, -0.05) is 12.2 Å². The number of aromatic nitrogens is 2. The molecular weight excluding hydrogens is 234 g/mol. The van der Waals surface area contributed by atoms with Crippen LogP contribution in [0.5, 0.6) is 0 Å². The number of carboxylic acids is 1. The lowest BCUT2D eigenvalue weighted by molar-refractivity contribution is -0.142. The fourth-order valence-corrected chi connectivity index (χ4v) is 1.94. The summed E-state index contributed by atoms with van der Waals surface area (Å²) >= 11 is 0. The summed E-state index contributed by atoms with van der Waals surface area (Å²) in [4.78, 5) is 29.6. The van der Waals surface area contributed by atoms with Gasteiger partial charge in [-0.05, 0) is 12.8 Å². The van der Waals surface area contributed by atoms with E-state index in [1.807, 2.05) is 12.2 Å². The van der Waals surface area contributed by atoms with Crippen molar-refractivity contribution in [2.45, 2.75) is 25.3 Å². The second-order valence-corrected chi connectivity index (χ2v) is 4.32. The zero-order valence-electron chi connectivity index (χ0n) is 9.80. The Morgan fingerprint density at radius 1 is 1.50 bits per heavy atom. The van der Waals surface area contributed by atoms with E-state index in [0.717, 1.165) is 0 Å². The van der Waals surface area contributed by atoms with Crippen LogP contribution in [-0.4, -0.2) is 33.0 Å². The first-order chi connectivity index (χ1) is 8.66.